The van der Waals surface area contributed by atoms with E-state index in [1.54, 1.807) is 30.3 Å². The van der Waals surface area contributed by atoms with Crippen molar-refractivity contribution in [3.63, 3.8) is 0 Å². The first kappa shape index (κ1) is 29.6. The first-order valence-corrected chi connectivity index (χ1v) is 13.1. The summed E-state index contributed by atoms with van der Waals surface area (Å²) < 4.78 is 81.7. The third kappa shape index (κ3) is 6.47. The Morgan fingerprint density at radius 2 is 1.72 bits per heavy atom. The molecule has 1 amide bonds. The van der Waals surface area contributed by atoms with Gasteiger partial charge in [-0.05, 0) is 35.4 Å². The second kappa shape index (κ2) is 11.8. The highest BCUT2D eigenvalue weighted by atomic mass is 19.4. The van der Waals surface area contributed by atoms with E-state index in [-0.39, 0.29) is 27.8 Å². The molecule has 3 heterocycles. The van der Waals surface area contributed by atoms with E-state index in [1.165, 1.54) is 37.5 Å². The second-order valence-corrected chi connectivity index (χ2v) is 10.0. The minimum absolute atomic E-state index is 0.0185. The SMILES string of the molecule is Cn1cc(CC(F)(F)F)c2[nH]c(-c3ccnc(NC(=O)C(CC(F)F)c4ccc(F)cc4)c3)c(-c3ccccc3)c2c1=O. The normalized spacial score (nSPS) is 12.6. The van der Waals surface area contributed by atoms with Gasteiger partial charge in [0.2, 0.25) is 12.3 Å². The summed E-state index contributed by atoms with van der Waals surface area (Å²) >= 11 is 0. The van der Waals surface area contributed by atoms with E-state index in [4.69, 9.17) is 0 Å². The van der Waals surface area contributed by atoms with Crippen molar-refractivity contribution in [3.05, 3.63) is 106 Å². The summed E-state index contributed by atoms with van der Waals surface area (Å²) in [5.41, 5.74) is 1.13. The van der Waals surface area contributed by atoms with E-state index in [1.807, 2.05) is 0 Å². The maximum atomic E-state index is 13.5. The van der Waals surface area contributed by atoms with Gasteiger partial charge in [0.25, 0.3) is 5.56 Å². The predicted molar refractivity (Wildman–Crippen MR) is 150 cm³/mol. The van der Waals surface area contributed by atoms with Crippen molar-refractivity contribution in [2.24, 2.45) is 7.05 Å². The average molecular weight is 599 g/mol. The van der Waals surface area contributed by atoms with E-state index in [0.717, 1.165) is 22.9 Å². The van der Waals surface area contributed by atoms with Crippen molar-refractivity contribution < 1.29 is 31.1 Å². The molecular weight excluding hydrogens is 574 g/mol. The first-order chi connectivity index (χ1) is 20.4. The van der Waals surface area contributed by atoms with Gasteiger partial charge in [0, 0.05) is 42.6 Å². The van der Waals surface area contributed by atoms with Gasteiger partial charge >= 0.3 is 6.18 Å². The van der Waals surface area contributed by atoms with Crippen LogP contribution in [0.15, 0.2) is 83.9 Å². The van der Waals surface area contributed by atoms with E-state index >= 15 is 0 Å². The van der Waals surface area contributed by atoms with Gasteiger partial charge in [-0.15, -0.1) is 0 Å². The molecule has 0 saturated heterocycles. The van der Waals surface area contributed by atoms with Crippen LogP contribution in [-0.2, 0) is 18.3 Å². The summed E-state index contributed by atoms with van der Waals surface area (Å²) in [6.07, 6.45) is -6.99. The molecule has 5 aromatic rings. The number of amides is 1. The molecule has 0 bridgehead atoms. The van der Waals surface area contributed by atoms with Crippen LogP contribution in [0.25, 0.3) is 33.3 Å². The smallest absolute Gasteiger partial charge is 0.354 e. The number of hydrogen-bond donors (Lipinski definition) is 2. The van der Waals surface area contributed by atoms with Crippen LogP contribution in [0.3, 0.4) is 0 Å². The van der Waals surface area contributed by atoms with E-state index < -0.39 is 48.6 Å². The largest absolute Gasteiger partial charge is 0.393 e. The zero-order valence-electron chi connectivity index (χ0n) is 22.6. The van der Waals surface area contributed by atoms with Crippen molar-refractivity contribution in [2.45, 2.75) is 31.4 Å². The Kier molecular flexibility index (Phi) is 8.12. The van der Waals surface area contributed by atoms with Crippen molar-refractivity contribution >= 4 is 22.6 Å². The minimum atomic E-state index is -4.55. The Bertz CT molecular complexity index is 1830. The van der Waals surface area contributed by atoms with Gasteiger partial charge in [-0.1, -0.05) is 42.5 Å². The van der Waals surface area contributed by atoms with E-state index in [0.29, 0.717) is 22.4 Å². The molecule has 2 N–H and O–H groups in total. The van der Waals surface area contributed by atoms with Crippen LogP contribution in [0.4, 0.5) is 32.2 Å². The fraction of sp³-hybridized carbons (Fsp3) is 0.194. The fourth-order valence-corrected chi connectivity index (χ4v) is 5.08. The molecule has 0 fully saturated rings. The lowest BCUT2D eigenvalue weighted by Crippen LogP contribution is -2.23. The van der Waals surface area contributed by atoms with Gasteiger partial charge in [0.15, 0.2) is 0 Å². The lowest BCUT2D eigenvalue weighted by molar-refractivity contribution is -0.127. The summed E-state index contributed by atoms with van der Waals surface area (Å²) in [5.74, 6) is -2.73. The first-order valence-electron chi connectivity index (χ1n) is 13.1. The van der Waals surface area contributed by atoms with E-state index in [2.05, 4.69) is 15.3 Å². The van der Waals surface area contributed by atoms with Crippen LogP contribution < -0.4 is 10.9 Å². The quantitative estimate of drug-likeness (QED) is 0.185. The Hall–Kier alpha value is -4.87. The number of nitrogens with one attached hydrogen (secondary N) is 2. The number of aromatic nitrogens is 3. The molecule has 1 unspecified atom stereocenters. The highest BCUT2D eigenvalue weighted by Crippen LogP contribution is 2.39. The Labute approximate surface area is 241 Å². The number of aromatic amines is 1. The molecule has 6 nitrogen and oxygen atoms in total. The third-order valence-corrected chi connectivity index (χ3v) is 6.96. The monoisotopic (exact) mass is 598 g/mol. The van der Waals surface area contributed by atoms with Gasteiger partial charge in [-0.3, -0.25) is 9.59 Å². The molecule has 0 aliphatic heterocycles. The highest BCUT2D eigenvalue weighted by Gasteiger charge is 2.31. The number of rotatable bonds is 8. The van der Waals surface area contributed by atoms with Gasteiger partial charge in [-0.25, -0.2) is 18.2 Å². The topological polar surface area (TPSA) is 79.8 Å². The predicted octanol–water partition coefficient (Wildman–Crippen LogP) is 7.22. The number of H-pyrrole nitrogens is 1. The molecule has 0 spiro atoms. The summed E-state index contributed by atoms with van der Waals surface area (Å²) in [6.45, 7) is 0. The zero-order chi connectivity index (χ0) is 30.9. The number of halogens is 6. The van der Waals surface area contributed by atoms with Crippen LogP contribution in [0, 0.1) is 5.82 Å². The molecule has 5 rings (SSSR count). The Balaban J connectivity index is 1.62. The number of carbonyl (C=O) groups excluding carboxylic acids is 1. The van der Waals surface area contributed by atoms with Gasteiger partial charge < -0.3 is 14.9 Å². The zero-order valence-corrected chi connectivity index (χ0v) is 22.6. The number of nitrogens with zero attached hydrogens (tertiary/aromatic N) is 2. The maximum absolute atomic E-state index is 13.5. The third-order valence-electron chi connectivity index (χ3n) is 6.96. The number of pyridine rings is 2. The van der Waals surface area contributed by atoms with Gasteiger partial charge in [0.1, 0.15) is 11.6 Å². The van der Waals surface area contributed by atoms with Gasteiger partial charge in [0.05, 0.1) is 28.9 Å². The van der Waals surface area contributed by atoms with Crippen LogP contribution in [0.1, 0.15) is 23.5 Å². The van der Waals surface area contributed by atoms with Crippen molar-refractivity contribution in [2.75, 3.05) is 5.32 Å². The van der Waals surface area contributed by atoms with Crippen molar-refractivity contribution in [1.29, 1.82) is 0 Å². The molecule has 43 heavy (non-hydrogen) atoms. The average Bonchev–Trinajstić information content (AvgIpc) is 3.36. The summed E-state index contributed by atoms with van der Waals surface area (Å²) in [5, 5.41) is 2.58. The van der Waals surface area contributed by atoms with Gasteiger partial charge in [-0.2, -0.15) is 13.2 Å². The van der Waals surface area contributed by atoms with Crippen LogP contribution in [0.2, 0.25) is 0 Å². The lowest BCUT2D eigenvalue weighted by atomic mass is 9.95. The molecule has 12 heteroatoms. The lowest BCUT2D eigenvalue weighted by Gasteiger charge is -2.17. The maximum Gasteiger partial charge on any atom is 0.393 e. The molecule has 2 aromatic carbocycles. The van der Waals surface area contributed by atoms with Crippen molar-refractivity contribution in [1.82, 2.24) is 14.5 Å². The summed E-state index contributed by atoms with van der Waals surface area (Å²) in [6, 6.07) is 16.2. The summed E-state index contributed by atoms with van der Waals surface area (Å²) in [4.78, 5) is 33.6. The van der Waals surface area contributed by atoms with Crippen LogP contribution in [0.5, 0.6) is 0 Å². The number of hydrogen-bond acceptors (Lipinski definition) is 3. The molecule has 1 atom stereocenters. The van der Waals surface area contributed by atoms with Crippen LogP contribution >= 0.6 is 0 Å². The molecule has 0 saturated carbocycles. The van der Waals surface area contributed by atoms with Crippen LogP contribution in [-0.4, -0.2) is 33.0 Å². The molecule has 0 radical (unpaired) electrons. The van der Waals surface area contributed by atoms with E-state index in [9.17, 15) is 35.9 Å². The summed E-state index contributed by atoms with van der Waals surface area (Å²) in [7, 11) is 1.38. The minimum Gasteiger partial charge on any atom is -0.354 e. The number of fused-ring (bicyclic) bond motifs is 1. The number of anilines is 1. The number of aryl methyl sites for hydroxylation is 1. The number of carbonyl (C=O) groups is 1. The molecule has 0 aliphatic carbocycles. The number of benzene rings is 2. The Morgan fingerprint density at radius 1 is 1.02 bits per heavy atom. The standard InChI is InChI=1S/C31H24F6N4O2/c1-41-16-20(15-31(35,36)37)28-26(30(41)43)25(18-5-3-2-4-6-18)27(40-28)19-11-12-38-24(13-19)39-29(42)22(14-23(33)34)17-7-9-21(32)10-8-17/h2-13,16,22-23,40H,14-15H2,1H3,(H,38,39,42). The highest BCUT2D eigenvalue weighted by molar-refractivity contribution is 6.05. The Morgan fingerprint density at radius 3 is 2.37 bits per heavy atom. The molecule has 0 aliphatic rings. The fourth-order valence-electron chi connectivity index (χ4n) is 5.08. The molecule has 222 valence electrons. The number of alkyl halides is 5. The molecular formula is C31H24F6N4O2. The second-order valence-electron chi connectivity index (χ2n) is 10.0. The van der Waals surface area contributed by atoms with Crippen molar-refractivity contribution in [3.8, 4) is 22.4 Å². The molecule has 3 aromatic heterocycles.